The predicted molar refractivity (Wildman–Crippen MR) is 250 cm³/mol. The maximum atomic E-state index is 10.6. The Labute approximate surface area is 348 Å². The number of nitrogens with zero attached hydrogens (tertiary/aromatic N) is 6. The van der Waals surface area contributed by atoms with Crippen molar-refractivity contribution < 1.29 is 4.79 Å². The number of benzene rings is 2. The molecule has 5 unspecified atom stereocenters. The predicted octanol–water partition coefficient (Wildman–Crippen LogP) is 11.3. The van der Waals surface area contributed by atoms with E-state index in [1.54, 1.807) is 17.5 Å². The summed E-state index contributed by atoms with van der Waals surface area (Å²) in [5.41, 5.74) is 8.28. The van der Waals surface area contributed by atoms with Crippen LogP contribution in [-0.4, -0.2) is 94.5 Å². The van der Waals surface area contributed by atoms with Gasteiger partial charge in [0.2, 0.25) is 0 Å². The van der Waals surface area contributed by atoms with Gasteiger partial charge < -0.3 is 24.3 Å². The lowest BCUT2D eigenvalue weighted by molar-refractivity contribution is 0.0447. The summed E-state index contributed by atoms with van der Waals surface area (Å²) in [7, 11) is 10.5. The number of aryl methyl sites for hydroxylation is 4. The first-order valence-corrected chi connectivity index (χ1v) is 20.6. The largest absolute Gasteiger partial charge is 0.350 e. The Balaban J connectivity index is 0.000000244. The van der Waals surface area contributed by atoms with Crippen LogP contribution in [0.3, 0.4) is 0 Å². The van der Waals surface area contributed by atoms with E-state index in [1.807, 2.05) is 13.1 Å². The molecule has 5 atom stereocenters. The van der Waals surface area contributed by atoms with Crippen LogP contribution in [0.25, 0.3) is 21.8 Å². The molecule has 1 saturated carbocycles. The number of hydrogen-bond acceptors (Lipinski definition) is 4. The van der Waals surface area contributed by atoms with Gasteiger partial charge in [0.1, 0.15) is 0 Å². The van der Waals surface area contributed by atoms with Crippen molar-refractivity contribution >= 4 is 34.1 Å². The normalized spacial score (nSPS) is 23.6. The fourth-order valence-electron chi connectivity index (χ4n) is 8.71. The highest BCUT2D eigenvalue weighted by Gasteiger charge is 2.34. The lowest BCUT2D eigenvalue weighted by Crippen LogP contribution is -2.48. The van der Waals surface area contributed by atoms with Gasteiger partial charge in [-0.25, -0.2) is 4.79 Å². The summed E-state index contributed by atoms with van der Waals surface area (Å²) in [6, 6.07) is 22.1. The minimum atomic E-state index is 0. The van der Waals surface area contributed by atoms with Crippen LogP contribution in [0.2, 0.25) is 0 Å². The van der Waals surface area contributed by atoms with E-state index in [1.165, 1.54) is 83.7 Å². The van der Waals surface area contributed by atoms with Crippen LogP contribution in [0.15, 0.2) is 77.1 Å². The van der Waals surface area contributed by atoms with Crippen molar-refractivity contribution in [2.45, 2.75) is 139 Å². The monoisotopic (exact) mass is 784 g/mol. The van der Waals surface area contributed by atoms with Crippen molar-refractivity contribution in [2.75, 3.05) is 34.2 Å². The highest BCUT2D eigenvalue weighted by atomic mass is 16.2. The maximum Gasteiger partial charge on any atom is 0.317 e. The fraction of sp³-hybridized carbons (Fsp3) is 0.592. The van der Waals surface area contributed by atoms with Crippen LogP contribution in [0, 0.1) is 12.8 Å². The van der Waals surface area contributed by atoms with Gasteiger partial charge in [-0.3, -0.25) is 9.89 Å². The minimum Gasteiger partial charge on any atom is -0.350 e. The third-order valence-corrected chi connectivity index (χ3v) is 12.8. The Morgan fingerprint density at radius 3 is 2.09 bits per heavy atom. The molecule has 1 N–H and O–H groups in total. The van der Waals surface area contributed by atoms with E-state index in [4.69, 9.17) is 0 Å². The van der Waals surface area contributed by atoms with Gasteiger partial charge in [0, 0.05) is 99.3 Å². The van der Waals surface area contributed by atoms with Gasteiger partial charge in [0.05, 0.1) is 5.70 Å². The summed E-state index contributed by atoms with van der Waals surface area (Å²) in [5, 5.41) is 5.41. The van der Waals surface area contributed by atoms with Crippen LogP contribution in [0.4, 0.5) is 4.79 Å². The zero-order valence-corrected chi connectivity index (χ0v) is 35.1. The van der Waals surface area contributed by atoms with Gasteiger partial charge in [-0.1, -0.05) is 78.4 Å². The first-order chi connectivity index (χ1) is 25.9. The zero-order valence-electron chi connectivity index (χ0n) is 35.1. The number of urea groups is 1. The third kappa shape index (κ3) is 12.3. The number of para-hydroxylation sites is 2. The fourth-order valence-corrected chi connectivity index (χ4v) is 8.71. The molecule has 0 bridgehead atoms. The number of amides is 2. The summed E-state index contributed by atoms with van der Waals surface area (Å²) in [6.07, 6.45) is 16.5. The summed E-state index contributed by atoms with van der Waals surface area (Å²) >= 11 is 0. The Bertz CT molecular complexity index is 1850. The maximum absolute atomic E-state index is 10.6. The summed E-state index contributed by atoms with van der Waals surface area (Å²) in [4.78, 5) is 21.6. The summed E-state index contributed by atoms with van der Waals surface area (Å²) in [6.45, 7) is 12.8. The topological polar surface area (TPSA) is 61.0 Å². The molecule has 4 aromatic rings. The number of rotatable bonds is 1. The molecule has 8 nitrogen and oxygen atoms in total. The number of aromatic nitrogens is 2. The molecule has 2 amide bonds. The Hall–Kier alpha value is -3.88. The molecular formula is C49H81N7O. The smallest absolute Gasteiger partial charge is 0.317 e. The molecular weight excluding hydrogens is 703 g/mol. The van der Waals surface area contributed by atoms with Gasteiger partial charge >= 0.3 is 6.03 Å². The molecule has 3 fully saturated rings. The first kappa shape index (κ1) is 49.3. The average molecular weight is 784 g/mol. The van der Waals surface area contributed by atoms with E-state index in [9.17, 15) is 4.79 Å². The number of nitrogens with one attached hydrogen (secondary N) is 1. The lowest BCUT2D eigenvalue weighted by atomic mass is 9.77. The molecule has 1 aliphatic carbocycles. The number of carbonyl (C=O) groups is 1. The number of carbonyl (C=O) groups excluding carboxylic acids is 1. The van der Waals surface area contributed by atoms with Crippen LogP contribution in [0.1, 0.15) is 113 Å². The highest BCUT2D eigenvalue weighted by molar-refractivity contribution is 5.83. The number of aliphatic imine (C=N–C) groups is 1. The van der Waals surface area contributed by atoms with Gasteiger partial charge in [0.15, 0.2) is 0 Å². The standard InChI is InChI=1S/C11H21N.C11H13N.C10H11N.C9H14N2.C5H10N2O.3CH4/c1-9-7-8-10-5-3-4-6-11(10)12(9)2;1-3-10-8-9-6-4-5-7-11(9)12(10)2;1-8-7-11(2)10-6-4-3-5-9(8)10;1-7-5-8-3-4-10-9(8)6-11(7)2;1-4-3-6-5(8)7(4)2;;;/h9-11H,3-8H2,1-2H3;4-8H,3H2,1-2H3;3-7H,1-2H3;4,7H,3,5-6H2,1-2H3;4H,3H2,1-2H3,(H,6,8);3*1H4. The van der Waals surface area contributed by atoms with Gasteiger partial charge in [0.25, 0.3) is 0 Å². The van der Waals surface area contributed by atoms with Crippen LogP contribution in [0.5, 0.6) is 0 Å². The van der Waals surface area contributed by atoms with E-state index in [0.29, 0.717) is 12.1 Å². The van der Waals surface area contributed by atoms with E-state index >= 15 is 0 Å². The van der Waals surface area contributed by atoms with E-state index in [2.05, 4.69) is 146 Å². The summed E-state index contributed by atoms with van der Waals surface area (Å²) in [5.74, 6) is 1.04. The quantitative estimate of drug-likeness (QED) is 0.209. The van der Waals surface area contributed by atoms with Gasteiger partial charge in [-0.2, -0.15) is 0 Å². The second-order valence-corrected chi connectivity index (χ2v) is 16.4. The second-order valence-electron chi connectivity index (χ2n) is 16.4. The summed E-state index contributed by atoms with van der Waals surface area (Å²) < 4.78 is 4.42. The van der Waals surface area contributed by atoms with E-state index < -0.39 is 0 Å². The van der Waals surface area contributed by atoms with Crippen molar-refractivity contribution in [3.05, 3.63) is 83.3 Å². The first-order valence-electron chi connectivity index (χ1n) is 20.6. The molecule has 9 rings (SSSR count). The van der Waals surface area contributed by atoms with Crippen molar-refractivity contribution in [3.63, 3.8) is 0 Å². The number of likely N-dealkylation sites (tertiary alicyclic amines) is 1. The average Bonchev–Trinajstić information content (AvgIpc) is 3.93. The molecule has 0 radical (unpaired) electrons. The third-order valence-electron chi connectivity index (χ3n) is 12.8. The molecule has 6 heterocycles. The van der Waals surface area contributed by atoms with Crippen molar-refractivity contribution in [2.24, 2.45) is 25.0 Å². The van der Waals surface area contributed by atoms with Gasteiger partial charge in [-0.15, -0.1) is 0 Å². The molecule has 2 saturated heterocycles. The van der Waals surface area contributed by atoms with Crippen molar-refractivity contribution in [1.29, 1.82) is 0 Å². The molecule has 57 heavy (non-hydrogen) atoms. The van der Waals surface area contributed by atoms with E-state index in [0.717, 1.165) is 43.9 Å². The van der Waals surface area contributed by atoms with Crippen LogP contribution < -0.4 is 5.32 Å². The highest BCUT2D eigenvalue weighted by Crippen LogP contribution is 2.36. The Morgan fingerprint density at radius 1 is 0.807 bits per heavy atom. The molecule has 5 aliphatic rings. The van der Waals surface area contributed by atoms with E-state index in [-0.39, 0.29) is 28.3 Å². The number of piperidine rings is 1. The van der Waals surface area contributed by atoms with Crippen LogP contribution >= 0.6 is 0 Å². The SMILES string of the molecule is C.C.C.CC1CC2=C(CN1C)N=CC2.CC1CCC2CCCCC2N1C.CC1CNC(=O)N1C.CCc1cc2ccccc2n1C.Cc1cn(C)c2ccccc12. The molecule has 2 aromatic carbocycles. The van der Waals surface area contributed by atoms with Crippen molar-refractivity contribution in [3.8, 4) is 0 Å². The minimum absolute atomic E-state index is 0. The molecule has 4 aliphatic heterocycles. The molecule has 8 heteroatoms. The Kier molecular flexibility index (Phi) is 19.8. The molecule has 2 aromatic heterocycles. The molecule has 0 spiro atoms. The second kappa shape index (κ2) is 22.9. The Morgan fingerprint density at radius 2 is 1.47 bits per heavy atom. The van der Waals surface area contributed by atoms with Crippen LogP contribution in [-0.2, 0) is 20.5 Å². The number of likely N-dealkylation sites (N-methyl/N-ethyl adjacent to an activating group) is 2. The van der Waals surface area contributed by atoms with Gasteiger partial charge in [-0.05, 0) is 121 Å². The lowest BCUT2D eigenvalue weighted by Gasteiger charge is -2.45. The molecule has 318 valence electrons. The number of fused-ring (bicyclic) bond motifs is 3. The number of hydrogen-bond donors (Lipinski definition) is 1. The van der Waals surface area contributed by atoms with Crippen molar-refractivity contribution in [1.82, 2.24) is 29.2 Å². The zero-order chi connectivity index (χ0) is 38.9.